The van der Waals surface area contributed by atoms with E-state index in [9.17, 15) is 13.2 Å². The number of nitrogens with zero attached hydrogens (tertiary/aromatic N) is 1. The summed E-state index contributed by atoms with van der Waals surface area (Å²) in [5, 5.41) is 0.228. The summed E-state index contributed by atoms with van der Waals surface area (Å²) >= 11 is 25.1. The molecule has 1 heterocycles. The first kappa shape index (κ1) is 14.1. The van der Waals surface area contributed by atoms with E-state index in [1.54, 1.807) is 0 Å². The van der Waals surface area contributed by atoms with E-state index in [-0.39, 0.29) is 11.9 Å². The molecule has 0 atom stereocenters. The number of carbonyl (C=O) groups excluding carboxylic acids is 1. The molecule has 0 aromatic heterocycles. The Hall–Kier alpha value is 1.06. The average Bonchev–Trinajstić information content (AvgIpc) is 2.18. The van der Waals surface area contributed by atoms with E-state index >= 15 is 0 Å². The Labute approximate surface area is 115 Å². The van der Waals surface area contributed by atoms with Crippen molar-refractivity contribution in [1.29, 1.82) is 0 Å². The Morgan fingerprint density at radius 3 is 2.00 bits per heavy atom. The van der Waals surface area contributed by atoms with Gasteiger partial charge in [0.2, 0.25) is 4.33 Å². The summed E-state index contributed by atoms with van der Waals surface area (Å²) in [5.74, 6) is -1.05. The highest BCUT2D eigenvalue weighted by Gasteiger charge is 2.72. The minimum absolute atomic E-state index is 0.135. The third-order valence-electron chi connectivity index (χ3n) is 1.76. The number of hydrogen-bond donors (Lipinski definition) is 0. The van der Waals surface area contributed by atoms with Crippen LogP contribution >= 0.6 is 62.3 Å². The monoisotopic (exact) mass is 377 g/mol. The van der Waals surface area contributed by atoms with Crippen LogP contribution in [-0.2, 0) is 14.8 Å². The van der Waals surface area contributed by atoms with Crippen LogP contribution < -0.4 is 0 Å². The van der Waals surface area contributed by atoms with Crippen molar-refractivity contribution < 1.29 is 13.2 Å². The van der Waals surface area contributed by atoms with E-state index in [2.05, 4.69) is 15.9 Å². The predicted octanol–water partition coefficient (Wildman–Crippen LogP) is 1.86. The number of carbonyl (C=O) groups is 1. The molecule has 0 N–H and O–H groups in total. The Balaban J connectivity index is 3.35. The fraction of sp³-hybridized carbons (Fsp3) is 0.800. The molecule has 0 aromatic carbocycles. The summed E-state index contributed by atoms with van der Waals surface area (Å²) in [6, 6.07) is 0. The number of alkyl halides is 5. The molecule has 10 heteroatoms. The molecule has 1 fully saturated rings. The van der Waals surface area contributed by atoms with Gasteiger partial charge in [-0.15, -0.1) is 0 Å². The van der Waals surface area contributed by atoms with Crippen molar-refractivity contribution in [2.24, 2.45) is 0 Å². The van der Waals surface area contributed by atoms with Crippen LogP contribution in [-0.4, -0.2) is 38.5 Å². The molecule has 88 valence electrons. The molecule has 1 amide bonds. The second kappa shape index (κ2) is 4.07. The Bertz CT molecular complexity index is 395. The lowest BCUT2D eigenvalue weighted by Crippen LogP contribution is -2.38. The number of rotatable bonds is 2. The summed E-state index contributed by atoms with van der Waals surface area (Å²) in [7, 11) is -4.26. The molecule has 1 saturated heterocycles. The second-order valence-corrected chi connectivity index (χ2v) is 8.56. The summed E-state index contributed by atoms with van der Waals surface area (Å²) in [5.41, 5.74) is 0. The third-order valence-corrected chi connectivity index (χ3v) is 7.24. The molecule has 4 nitrogen and oxygen atoms in total. The van der Waals surface area contributed by atoms with Gasteiger partial charge in [-0.25, -0.2) is 12.7 Å². The van der Waals surface area contributed by atoms with Crippen LogP contribution in [0, 0.1) is 0 Å². The average molecular weight is 380 g/mol. The molecule has 0 spiro atoms. The smallest absolute Gasteiger partial charge is 0.270 e. The van der Waals surface area contributed by atoms with Gasteiger partial charge in [0.25, 0.3) is 19.6 Å². The molecular formula is C5H4BrCl4NO3S. The highest BCUT2D eigenvalue weighted by Crippen LogP contribution is 2.54. The summed E-state index contributed by atoms with van der Waals surface area (Å²) in [6.07, 6.45) is 0. The zero-order valence-corrected chi connectivity index (χ0v) is 12.3. The van der Waals surface area contributed by atoms with Gasteiger partial charge in [0, 0.05) is 11.9 Å². The van der Waals surface area contributed by atoms with Gasteiger partial charge in [-0.3, -0.25) is 4.79 Å². The molecule has 1 aliphatic rings. The van der Waals surface area contributed by atoms with Crippen LogP contribution in [0.1, 0.15) is 0 Å². The normalized spacial score (nSPS) is 27.0. The van der Waals surface area contributed by atoms with Gasteiger partial charge in [-0.2, -0.15) is 0 Å². The van der Waals surface area contributed by atoms with E-state index in [0.717, 1.165) is 0 Å². The number of sulfonamides is 1. The molecule has 0 radical (unpaired) electrons. The van der Waals surface area contributed by atoms with Crippen LogP contribution in [0.2, 0.25) is 0 Å². The van der Waals surface area contributed by atoms with Crippen molar-refractivity contribution >= 4 is 78.3 Å². The van der Waals surface area contributed by atoms with E-state index in [0.29, 0.717) is 4.31 Å². The van der Waals surface area contributed by atoms with Crippen molar-refractivity contribution in [1.82, 2.24) is 4.31 Å². The van der Waals surface area contributed by atoms with Gasteiger partial charge in [-0.1, -0.05) is 62.3 Å². The maximum atomic E-state index is 11.7. The Morgan fingerprint density at radius 2 is 1.73 bits per heavy atom. The van der Waals surface area contributed by atoms with Crippen LogP contribution in [0.3, 0.4) is 0 Å². The molecule has 1 aliphatic heterocycles. The Morgan fingerprint density at radius 1 is 1.27 bits per heavy atom. The topological polar surface area (TPSA) is 54.5 Å². The molecule has 0 aliphatic carbocycles. The molecule has 1 rings (SSSR count). The second-order valence-electron chi connectivity index (χ2n) is 2.66. The molecule has 15 heavy (non-hydrogen) atoms. The van der Waals surface area contributed by atoms with Gasteiger partial charge < -0.3 is 0 Å². The number of amides is 1. The van der Waals surface area contributed by atoms with E-state index in [4.69, 9.17) is 46.4 Å². The minimum atomic E-state index is -4.26. The third kappa shape index (κ3) is 1.77. The lowest BCUT2D eigenvalue weighted by molar-refractivity contribution is -0.125. The van der Waals surface area contributed by atoms with Crippen molar-refractivity contribution in [3.05, 3.63) is 0 Å². The first-order chi connectivity index (χ1) is 6.60. The largest absolute Gasteiger partial charge is 0.279 e. The van der Waals surface area contributed by atoms with Gasteiger partial charge in [0.15, 0.2) is 0 Å². The van der Waals surface area contributed by atoms with E-state index in [1.165, 1.54) is 0 Å². The zero-order chi connectivity index (χ0) is 12.1. The van der Waals surface area contributed by atoms with Crippen molar-refractivity contribution in [3.8, 4) is 0 Å². The zero-order valence-electron chi connectivity index (χ0n) is 6.88. The van der Waals surface area contributed by atoms with Gasteiger partial charge in [0.1, 0.15) is 0 Å². The molecule has 0 bridgehead atoms. The maximum absolute atomic E-state index is 11.7. The SMILES string of the molecule is O=C1N(CCBr)S(=O)(=O)C(Cl)(Cl)C1(Cl)Cl. The molecule has 0 aromatic rings. The molecule has 0 unspecified atom stereocenters. The first-order valence-corrected chi connectivity index (χ1v) is 7.56. The predicted molar refractivity (Wildman–Crippen MR) is 63.3 cm³/mol. The van der Waals surface area contributed by atoms with Crippen LogP contribution in [0.4, 0.5) is 0 Å². The lowest BCUT2D eigenvalue weighted by atomic mass is 10.4. The van der Waals surface area contributed by atoms with Crippen molar-refractivity contribution in [3.63, 3.8) is 0 Å². The van der Waals surface area contributed by atoms with Gasteiger partial charge in [0.05, 0.1) is 0 Å². The quantitative estimate of drug-likeness (QED) is 0.688. The van der Waals surface area contributed by atoms with Crippen LogP contribution in [0.25, 0.3) is 0 Å². The fourth-order valence-corrected chi connectivity index (χ4v) is 4.50. The highest BCUT2D eigenvalue weighted by molar-refractivity contribution is 9.09. The first-order valence-electron chi connectivity index (χ1n) is 3.49. The number of hydrogen-bond acceptors (Lipinski definition) is 3. The van der Waals surface area contributed by atoms with Gasteiger partial charge >= 0.3 is 0 Å². The highest BCUT2D eigenvalue weighted by atomic mass is 79.9. The summed E-state index contributed by atoms with van der Waals surface area (Å²) < 4.78 is 18.9. The van der Waals surface area contributed by atoms with Gasteiger partial charge in [-0.05, 0) is 0 Å². The van der Waals surface area contributed by atoms with Crippen molar-refractivity contribution in [2.45, 2.75) is 8.00 Å². The summed E-state index contributed by atoms with van der Waals surface area (Å²) in [6.45, 7) is -0.135. The van der Waals surface area contributed by atoms with Crippen molar-refractivity contribution in [2.75, 3.05) is 11.9 Å². The Kier molecular flexibility index (Phi) is 3.83. The summed E-state index contributed by atoms with van der Waals surface area (Å²) in [4.78, 5) is 11.5. The molecular weight excluding hydrogens is 376 g/mol. The maximum Gasteiger partial charge on any atom is 0.279 e. The van der Waals surface area contributed by atoms with Crippen LogP contribution in [0.5, 0.6) is 0 Å². The number of halogens is 5. The van der Waals surface area contributed by atoms with Crippen LogP contribution in [0.15, 0.2) is 0 Å². The lowest BCUT2D eigenvalue weighted by Gasteiger charge is -2.18. The minimum Gasteiger partial charge on any atom is -0.270 e. The van der Waals surface area contributed by atoms with E-state index in [1.807, 2.05) is 0 Å². The molecule has 0 saturated carbocycles. The standard InChI is InChI=1S/C5H4BrCl4NO3S/c6-1-2-11-3(12)4(7,8)5(9,10)15(11,13)14/h1-2H2. The van der Waals surface area contributed by atoms with E-state index < -0.39 is 23.9 Å². The fourth-order valence-electron chi connectivity index (χ4n) is 0.989.